The summed E-state index contributed by atoms with van der Waals surface area (Å²) in [5.74, 6) is 1.08. The molecule has 2 saturated heterocycles. The molecule has 92 valence electrons. The van der Waals surface area contributed by atoms with E-state index in [1.165, 1.54) is 25.9 Å². The van der Waals surface area contributed by atoms with E-state index < -0.39 is 0 Å². The van der Waals surface area contributed by atoms with E-state index in [2.05, 4.69) is 52.7 Å². The third-order valence-electron chi connectivity index (χ3n) is 3.68. The zero-order valence-electron chi connectivity index (χ0n) is 9.57. The Morgan fingerprint density at radius 3 is 2.94 bits per heavy atom. The fourth-order valence-electron chi connectivity index (χ4n) is 2.82. The van der Waals surface area contributed by atoms with Crippen molar-refractivity contribution < 1.29 is 0 Å². The molecule has 0 aromatic carbocycles. The Kier molecular flexibility index (Phi) is 3.41. The second-order valence-corrected chi connectivity index (χ2v) is 6.51. The van der Waals surface area contributed by atoms with Crippen molar-refractivity contribution in [2.24, 2.45) is 0 Å². The predicted octanol–water partition coefficient (Wildman–Crippen LogP) is 2.89. The van der Waals surface area contributed by atoms with Gasteiger partial charge in [-0.25, -0.2) is 4.98 Å². The van der Waals surface area contributed by atoms with Gasteiger partial charge >= 0.3 is 0 Å². The molecule has 1 atom stereocenters. The van der Waals surface area contributed by atoms with E-state index in [0.29, 0.717) is 0 Å². The molecule has 17 heavy (non-hydrogen) atoms. The van der Waals surface area contributed by atoms with Gasteiger partial charge in [0, 0.05) is 36.3 Å². The van der Waals surface area contributed by atoms with Crippen molar-refractivity contribution in [2.45, 2.75) is 18.9 Å². The van der Waals surface area contributed by atoms with Crippen molar-refractivity contribution in [1.82, 2.24) is 9.88 Å². The summed E-state index contributed by atoms with van der Waals surface area (Å²) >= 11 is 7.05. The SMILES string of the molecule is Brc1cnc(N2CCN3CCCC3C2)c(Br)c1. The van der Waals surface area contributed by atoms with E-state index >= 15 is 0 Å². The maximum absolute atomic E-state index is 4.53. The Morgan fingerprint density at radius 2 is 2.12 bits per heavy atom. The van der Waals surface area contributed by atoms with Gasteiger partial charge in [-0.3, -0.25) is 4.90 Å². The fraction of sp³-hybridized carbons (Fsp3) is 0.583. The fourth-order valence-corrected chi connectivity index (χ4v) is 4.06. The lowest BCUT2D eigenvalue weighted by Crippen LogP contribution is -2.50. The number of hydrogen-bond donors (Lipinski definition) is 0. The molecule has 0 radical (unpaired) electrons. The first-order valence-corrected chi connectivity index (χ1v) is 7.63. The minimum absolute atomic E-state index is 0.737. The van der Waals surface area contributed by atoms with Gasteiger partial charge in [-0.05, 0) is 57.3 Å². The van der Waals surface area contributed by atoms with Crippen molar-refractivity contribution in [2.75, 3.05) is 31.1 Å². The smallest absolute Gasteiger partial charge is 0.143 e. The number of nitrogens with zero attached hydrogens (tertiary/aromatic N) is 3. The van der Waals surface area contributed by atoms with Crippen LogP contribution in [0.15, 0.2) is 21.2 Å². The van der Waals surface area contributed by atoms with Crippen LogP contribution in [0.3, 0.4) is 0 Å². The average molecular weight is 361 g/mol. The molecule has 2 aliphatic heterocycles. The van der Waals surface area contributed by atoms with Crippen molar-refractivity contribution in [1.29, 1.82) is 0 Å². The molecule has 3 nitrogen and oxygen atoms in total. The standard InChI is InChI=1S/C12H15Br2N3/c13-9-6-11(14)12(15-7-9)17-5-4-16-3-1-2-10(16)8-17/h6-7,10H,1-5,8H2. The number of halogens is 2. The van der Waals surface area contributed by atoms with Crippen LogP contribution in [0.5, 0.6) is 0 Å². The summed E-state index contributed by atoms with van der Waals surface area (Å²) < 4.78 is 2.10. The van der Waals surface area contributed by atoms with Crippen molar-refractivity contribution in [3.05, 3.63) is 21.2 Å². The van der Waals surface area contributed by atoms with Crippen LogP contribution in [-0.2, 0) is 0 Å². The van der Waals surface area contributed by atoms with E-state index in [1.54, 1.807) is 0 Å². The summed E-state index contributed by atoms with van der Waals surface area (Å²) in [7, 11) is 0. The lowest BCUT2D eigenvalue weighted by Gasteiger charge is -2.38. The van der Waals surface area contributed by atoms with Crippen LogP contribution in [0.2, 0.25) is 0 Å². The molecule has 1 aromatic rings. The minimum Gasteiger partial charge on any atom is -0.353 e. The lowest BCUT2D eigenvalue weighted by atomic mass is 10.1. The van der Waals surface area contributed by atoms with Gasteiger partial charge in [0.1, 0.15) is 5.82 Å². The summed E-state index contributed by atoms with van der Waals surface area (Å²) in [6, 6.07) is 2.81. The zero-order valence-corrected chi connectivity index (χ0v) is 12.7. The van der Waals surface area contributed by atoms with Gasteiger partial charge < -0.3 is 4.90 Å². The molecular formula is C12H15Br2N3. The van der Waals surface area contributed by atoms with E-state index in [9.17, 15) is 0 Å². The van der Waals surface area contributed by atoms with Crippen LogP contribution in [0.25, 0.3) is 0 Å². The third kappa shape index (κ3) is 2.37. The Hall–Kier alpha value is -0.130. The van der Waals surface area contributed by atoms with Crippen LogP contribution in [0.1, 0.15) is 12.8 Å². The van der Waals surface area contributed by atoms with Crippen molar-refractivity contribution in [3.63, 3.8) is 0 Å². The Labute approximate surface area is 118 Å². The number of fused-ring (bicyclic) bond motifs is 1. The van der Waals surface area contributed by atoms with E-state index in [-0.39, 0.29) is 0 Å². The highest BCUT2D eigenvalue weighted by atomic mass is 79.9. The molecule has 5 heteroatoms. The van der Waals surface area contributed by atoms with E-state index in [0.717, 1.165) is 33.9 Å². The molecule has 0 bridgehead atoms. The first kappa shape index (κ1) is 11.9. The van der Waals surface area contributed by atoms with Gasteiger partial charge in [-0.1, -0.05) is 0 Å². The van der Waals surface area contributed by atoms with Crippen molar-refractivity contribution in [3.8, 4) is 0 Å². The molecule has 0 N–H and O–H groups in total. The highest BCUT2D eigenvalue weighted by molar-refractivity contribution is 9.11. The quantitative estimate of drug-likeness (QED) is 0.767. The average Bonchev–Trinajstić information content (AvgIpc) is 2.75. The van der Waals surface area contributed by atoms with Crippen LogP contribution >= 0.6 is 31.9 Å². The normalized spacial score (nSPS) is 25.1. The molecule has 2 aliphatic rings. The molecule has 2 fully saturated rings. The van der Waals surface area contributed by atoms with Gasteiger partial charge in [-0.15, -0.1) is 0 Å². The third-order valence-corrected chi connectivity index (χ3v) is 4.69. The van der Waals surface area contributed by atoms with Crippen LogP contribution in [0.4, 0.5) is 5.82 Å². The van der Waals surface area contributed by atoms with Gasteiger partial charge in [0.25, 0.3) is 0 Å². The minimum atomic E-state index is 0.737. The van der Waals surface area contributed by atoms with Crippen LogP contribution < -0.4 is 4.90 Å². The van der Waals surface area contributed by atoms with E-state index in [4.69, 9.17) is 0 Å². The summed E-state index contributed by atoms with van der Waals surface area (Å²) in [5, 5.41) is 0. The largest absolute Gasteiger partial charge is 0.353 e. The number of anilines is 1. The summed E-state index contributed by atoms with van der Waals surface area (Å²) in [6.07, 6.45) is 4.57. The molecule has 0 spiro atoms. The molecular weight excluding hydrogens is 346 g/mol. The molecule has 0 amide bonds. The van der Waals surface area contributed by atoms with Crippen molar-refractivity contribution >= 4 is 37.7 Å². The molecule has 0 saturated carbocycles. The van der Waals surface area contributed by atoms with Gasteiger partial charge in [0.05, 0.1) is 4.47 Å². The number of pyridine rings is 1. The van der Waals surface area contributed by atoms with Crippen LogP contribution in [0, 0.1) is 0 Å². The molecule has 3 heterocycles. The van der Waals surface area contributed by atoms with E-state index in [1.807, 2.05) is 6.20 Å². The molecule has 1 aromatic heterocycles. The number of hydrogen-bond acceptors (Lipinski definition) is 3. The summed E-state index contributed by atoms with van der Waals surface area (Å²) in [6.45, 7) is 4.67. The zero-order chi connectivity index (χ0) is 11.8. The van der Waals surface area contributed by atoms with Crippen LogP contribution in [-0.4, -0.2) is 42.1 Å². The van der Waals surface area contributed by atoms with Gasteiger partial charge in [0.15, 0.2) is 0 Å². The monoisotopic (exact) mass is 359 g/mol. The number of piperazine rings is 1. The maximum atomic E-state index is 4.53. The number of aromatic nitrogens is 1. The van der Waals surface area contributed by atoms with Gasteiger partial charge in [0.2, 0.25) is 0 Å². The second-order valence-electron chi connectivity index (χ2n) is 4.74. The lowest BCUT2D eigenvalue weighted by molar-refractivity contribution is 0.230. The molecule has 3 rings (SSSR count). The Balaban J connectivity index is 1.80. The van der Waals surface area contributed by atoms with Gasteiger partial charge in [-0.2, -0.15) is 0 Å². The Bertz CT molecular complexity index is 424. The summed E-state index contributed by atoms with van der Waals surface area (Å²) in [4.78, 5) is 9.55. The molecule has 0 aliphatic carbocycles. The maximum Gasteiger partial charge on any atom is 0.143 e. The predicted molar refractivity (Wildman–Crippen MR) is 76.4 cm³/mol. The number of rotatable bonds is 1. The summed E-state index contributed by atoms with van der Waals surface area (Å²) in [5.41, 5.74) is 0. The highest BCUT2D eigenvalue weighted by Gasteiger charge is 2.31. The molecule has 1 unspecified atom stereocenters. The first-order valence-electron chi connectivity index (χ1n) is 6.04. The second kappa shape index (κ2) is 4.86. The topological polar surface area (TPSA) is 19.4 Å². The first-order chi connectivity index (χ1) is 8.24. The highest BCUT2D eigenvalue weighted by Crippen LogP contribution is 2.30. The Morgan fingerprint density at radius 1 is 1.24 bits per heavy atom.